The number of carbonyl (C=O) groups is 2. The second-order valence-corrected chi connectivity index (χ2v) is 6.67. The molecule has 25 heavy (non-hydrogen) atoms. The molecule has 132 valence electrons. The summed E-state index contributed by atoms with van der Waals surface area (Å²) in [5.41, 5.74) is 8.53. The van der Waals surface area contributed by atoms with E-state index in [0.717, 1.165) is 22.4 Å². The Morgan fingerprint density at radius 1 is 1.04 bits per heavy atom. The van der Waals surface area contributed by atoms with Gasteiger partial charge in [0, 0.05) is 5.69 Å². The normalized spacial score (nSPS) is 10.2. The third-order valence-electron chi connectivity index (χ3n) is 3.59. The van der Waals surface area contributed by atoms with E-state index >= 15 is 0 Å². The quantitative estimate of drug-likeness (QED) is 0.588. The Bertz CT molecular complexity index is 821. The van der Waals surface area contributed by atoms with Gasteiger partial charge in [-0.2, -0.15) is 0 Å². The molecule has 0 radical (unpaired) electrons. The summed E-state index contributed by atoms with van der Waals surface area (Å²) in [6.45, 7) is 5.76. The Morgan fingerprint density at radius 2 is 1.76 bits per heavy atom. The average Bonchev–Trinajstić information content (AvgIpc) is 2.55. The molecule has 0 aliphatic heterocycles. The topological polar surface area (TPSA) is 90.5 Å². The molecule has 0 saturated heterocycles. The first-order chi connectivity index (χ1) is 11.8. The Hall–Kier alpha value is -2.54. The number of phenols is 1. The highest BCUT2D eigenvalue weighted by molar-refractivity contribution is 9.10. The van der Waals surface area contributed by atoms with Crippen LogP contribution in [0.4, 0.5) is 5.69 Å². The largest absolute Gasteiger partial charge is 0.506 e. The average molecular weight is 406 g/mol. The number of aromatic hydroxyl groups is 1. The highest BCUT2D eigenvalue weighted by Gasteiger charge is 2.15. The van der Waals surface area contributed by atoms with Crippen LogP contribution in [-0.2, 0) is 4.79 Å². The lowest BCUT2D eigenvalue weighted by Gasteiger charge is -2.12. The maximum atomic E-state index is 12.1. The Morgan fingerprint density at radius 3 is 2.44 bits per heavy atom. The van der Waals surface area contributed by atoms with E-state index in [0.29, 0.717) is 4.47 Å². The van der Waals surface area contributed by atoms with Crippen molar-refractivity contribution in [1.29, 1.82) is 0 Å². The summed E-state index contributed by atoms with van der Waals surface area (Å²) in [7, 11) is 0. The molecule has 0 aliphatic rings. The number of hydrogen-bond acceptors (Lipinski definition) is 4. The van der Waals surface area contributed by atoms with E-state index in [9.17, 15) is 14.7 Å². The van der Waals surface area contributed by atoms with Gasteiger partial charge < -0.3 is 10.4 Å². The number of anilines is 1. The molecule has 2 rings (SSSR count). The molecular weight excluding hydrogens is 386 g/mol. The van der Waals surface area contributed by atoms with Crippen molar-refractivity contribution >= 4 is 33.4 Å². The van der Waals surface area contributed by atoms with Crippen LogP contribution in [0, 0.1) is 20.8 Å². The van der Waals surface area contributed by atoms with Gasteiger partial charge >= 0.3 is 0 Å². The molecule has 0 unspecified atom stereocenters. The van der Waals surface area contributed by atoms with Crippen molar-refractivity contribution in [3.05, 3.63) is 57.1 Å². The fourth-order valence-electron chi connectivity index (χ4n) is 2.33. The molecule has 0 heterocycles. The molecule has 0 bridgehead atoms. The molecule has 7 heteroatoms. The second-order valence-electron chi connectivity index (χ2n) is 5.82. The van der Waals surface area contributed by atoms with Crippen LogP contribution in [-0.4, -0.2) is 23.5 Å². The minimum absolute atomic E-state index is 0.00761. The van der Waals surface area contributed by atoms with Gasteiger partial charge in [-0.05, 0) is 66.0 Å². The fraction of sp³-hybridized carbons (Fsp3) is 0.222. The summed E-state index contributed by atoms with van der Waals surface area (Å²) in [5.74, 6) is -1.17. The van der Waals surface area contributed by atoms with Gasteiger partial charge in [-0.3, -0.25) is 20.4 Å². The number of amides is 2. The summed E-state index contributed by atoms with van der Waals surface area (Å²) in [6, 6.07) is 9.10. The highest BCUT2D eigenvalue weighted by Crippen LogP contribution is 2.29. The number of carbonyl (C=O) groups excluding carboxylic acids is 2. The summed E-state index contributed by atoms with van der Waals surface area (Å²) in [6.07, 6.45) is 0. The van der Waals surface area contributed by atoms with E-state index in [2.05, 4.69) is 32.1 Å². The van der Waals surface area contributed by atoms with Crippen molar-refractivity contribution in [3.63, 3.8) is 0 Å². The number of rotatable bonds is 4. The fourth-order valence-corrected chi connectivity index (χ4v) is 2.91. The highest BCUT2D eigenvalue weighted by atomic mass is 79.9. The first kappa shape index (κ1) is 18.8. The first-order valence-electron chi connectivity index (χ1n) is 7.67. The van der Waals surface area contributed by atoms with E-state index in [1.165, 1.54) is 6.07 Å². The maximum absolute atomic E-state index is 12.1. The molecule has 2 aromatic rings. The standard InChI is InChI=1S/C18H20BrN3O3/c1-10-4-5-15(12(3)6-10)20-9-16(23)21-22-18(25)13-7-11(2)8-14(19)17(13)24/h4-8,20,24H,9H2,1-3H3,(H,21,23)(H,22,25). The lowest BCUT2D eigenvalue weighted by Crippen LogP contribution is -2.44. The van der Waals surface area contributed by atoms with Crippen LogP contribution < -0.4 is 16.2 Å². The molecule has 0 spiro atoms. The smallest absolute Gasteiger partial charge is 0.273 e. The maximum Gasteiger partial charge on any atom is 0.273 e. The van der Waals surface area contributed by atoms with Crippen molar-refractivity contribution in [2.24, 2.45) is 0 Å². The number of aryl methyl sites for hydroxylation is 3. The van der Waals surface area contributed by atoms with Crippen LogP contribution in [0.25, 0.3) is 0 Å². The monoisotopic (exact) mass is 405 g/mol. The zero-order valence-electron chi connectivity index (χ0n) is 14.2. The van der Waals surface area contributed by atoms with Crippen LogP contribution in [0.15, 0.2) is 34.8 Å². The number of hydrazine groups is 1. The molecule has 0 aliphatic carbocycles. The molecule has 0 aromatic heterocycles. The Labute approximate surface area is 154 Å². The van der Waals surface area contributed by atoms with E-state index in [4.69, 9.17) is 0 Å². The SMILES string of the molecule is Cc1ccc(NCC(=O)NNC(=O)c2cc(C)cc(Br)c2O)c(C)c1. The van der Waals surface area contributed by atoms with E-state index < -0.39 is 11.8 Å². The van der Waals surface area contributed by atoms with E-state index in [1.54, 1.807) is 13.0 Å². The number of benzene rings is 2. The summed E-state index contributed by atoms with van der Waals surface area (Å²) >= 11 is 3.18. The predicted molar refractivity (Wildman–Crippen MR) is 101 cm³/mol. The van der Waals surface area contributed by atoms with Crippen LogP contribution in [0.2, 0.25) is 0 Å². The van der Waals surface area contributed by atoms with E-state index in [1.807, 2.05) is 32.0 Å². The molecule has 0 saturated carbocycles. The first-order valence-corrected chi connectivity index (χ1v) is 8.46. The second kappa shape index (κ2) is 8.02. The number of phenolic OH excluding ortho intramolecular Hbond substituents is 1. The molecule has 0 atom stereocenters. The van der Waals surface area contributed by atoms with Gasteiger partial charge in [-0.15, -0.1) is 0 Å². The number of nitrogens with one attached hydrogen (secondary N) is 3. The lowest BCUT2D eigenvalue weighted by molar-refractivity contribution is -0.120. The van der Waals surface area contributed by atoms with Gasteiger partial charge in [0.25, 0.3) is 11.8 Å². The molecule has 2 aromatic carbocycles. The van der Waals surface area contributed by atoms with Gasteiger partial charge in [0.05, 0.1) is 16.6 Å². The minimum Gasteiger partial charge on any atom is -0.506 e. The Balaban J connectivity index is 1.90. The van der Waals surface area contributed by atoms with Gasteiger partial charge in [0.15, 0.2) is 0 Å². The Kier molecular flexibility index (Phi) is 6.03. The zero-order valence-corrected chi connectivity index (χ0v) is 15.8. The molecule has 2 amide bonds. The van der Waals surface area contributed by atoms with Crippen molar-refractivity contribution in [3.8, 4) is 5.75 Å². The number of halogens is 1. The van der Waals surface area contributed by atoms with Crippen molar-refractivity contribution < 1.29 is 14.7 Å². The van der Waals surface area contributed by atoms with Crippen molar-refractivity contribution in [2.75, 3.05) is 11.9 Å². The number of hydrogen-bond donors (Lipinski definition) is 4. The molecule has 4 N–H and O–H groups in total. The summed E-state index contributed by atoms with van der Waals surface area (Å²) < 4.78 is 0.417. The predicted octanol–water partition coefficient (Wildman–Crippen LogP) is 2.95. The van der Waals surface area contributed by atoms with Gasteiger partial charge in [0.2, 0.25) is 0 Å². The van der Waals surface area contributed by atoms with Gasteiger partial charge in [0.1, 0.15) is 5.75 Å². The third kappa shape index (κ3) is 4.96. The van der Waals surface area contributed by atoms with Crippen LogP contribution in [0.3, 0.4) is 0 Å². The summed E-state index contributed by atoms with van der Waals surface area (Å²) in [5, 5.41) is 12.9. The van der Waals surface area contributed by atoms with Crippen LogP contribution >= 0.6 is 15.9 Å². The molecule has 6 nitrogen and oxygen atoms in total. The van der Waals surface area contributed by atoms with Gasteiger partial charge in [-0.1, -0.05) is 17.7 Å². The third-order valence-corrected chi connectivity index (χ3v) is 4.19. The summed E-state index contributed by atoms with van der Waals surface area (Å²) in [4.78, 5) is 24.0. The van der Waals surface area contributed by atoms with E-state index in [-0.39, 0.29) is 17.9 Å². The van der Waals surface area contributed by atoms with Crippen LogP contribution in [0.1, 0.15) is 27.0 Å². The molecular formula is C18H20BrN3O3. The van der Waals surface area contributed by atoms with Crippen LogP contribution in [0.5, 0.6) is 5.75 Å². The zero-order chi connectivity index (χ0) is 18.6. The van der Waals surface area contributed by atoms with Crippen molar-refractivity contribution in [1.82, 2.24) is 10.9 Å². The minimum atomic E-state index is -0.596. The lowest BCUT2D eigenvalue weighted by atomic mass is 10.1. The van der Waals surface area contributed by atoms with Crippen molar-refractivity contribution in [2.45, 2.75) is 20.8 Å². The van der Waals surface area contributed by atoms with Gasteiger partial charge in [-0.25, -0.2) is 0 Å². The molecule has 0 fully saturated rings.